The van der Waals surface area contributed by atoms with Gasteiger partial charge in [0.15, 0.2) is 0 Å². The van der Waals surface area contributed by atoms with Crippen LogP contribution < -0.4 is 16.3 Å². The first-order valence-electron chi connectivity index (χ1n) is 4.96. The van der Waals surface area contributed by atoms with Gasteiger partial charge < -0.3 is 5.73 Å². The quantitative estimate of drug-likeness (QED) is 0.461. The van der Waals surface area contributed by atoms with Crippen LogP contribution in [0.3, 0.4) is 0 Å². The van der Waals surface area contributed by atoms with Crippen molar-refractivity contribution in [3.63, 3.8) is 0 Å². The maximum absolute atomic E-state index is 10.9. The lowest BCUT2D eigenvalue weighted by Gasteiger charge is -2.25. The van der Waals surface area contributed by atoms with E-state index in [0.717, 1.165) is 0 Å². The topological polar surface area (TPSA) is 67.6 Å². The summed E-state index contributed by atoms with van der Waals surface area (Å²) in [5.74, 6) is 0. The van der Waals surface area contributed by atoms with Gasteiger partial charge in [0.25, 0.3) is 0 Å². The number of anilines is 2. The Morgan fingerprint density at radius 1 is 1.44 bits per heavy atom. The van der Waals surface area contributed by atoms with Crippen molar-refractivity contribution >= 4 is 17.8 Å². The molecule has 0 unspecified atom stereocenters. The van der Waals surface area contributed by atoms with Gasteiger partial charge in [-0.25, -0.2) is 5.01 Å². The molecule has 1 aromatic rings. The Hall–Kier alpha value is -1.59. The van der Waals surface area contributed by atoms with Crippen molar-refractivity contribution in [2.45, 2.75) is 26.4 Å². The largest absolute Gasteiger partial charge is 0.399 e. The van der Waals surface area contributed by atoms with Crippen LogP contribution in [0.5, 0.6) is 0 Å². The number of hydrazine groups is 1. The average Bonchev–Trinajstić information content (AvgIpc) is 2.17. The summed E-state index contributed by atoms with van der Waals surface area (Å²) in [7, 11) is 0. The van der Waals surface area contributed by atoms with E-state index in [2.05, 4.69) is 5.59 Å². The summed E-state index contributed by atoms with van der Waals surface area (Å²) in [5, 5.41) is 1.22. The third kappa shape index (κ3) is 3.88. The summed E-state index contributed by atoms with van der Waals surface area (Å²) < 4.78 is 0. The maximum Gasteiger partial charge on any atom is 0.230 e. The van der Waals surface area contributed by atoms with Crippen LogP contribution in [0.4, 0.5) is 11.4 Å². The number of benzene rings is 1. The van der Waals surface area contributed by atoms with Crippen LogP contribution in [-0.2, 0) is 9.63 Å². The van der Waals surface area contributed by atoms with Gasteiger partial charge in [-0.05, 0) is 39.0 Å². The van der Waals surface area contributed by atoms with Gasteiger partial charge in [-0.1, -0.05) is 6.07 Å². The van der Waals surface area contributed by atoms with E-state index in [9.17, 15) is 4.79 Å². The SMILES string of the molecule is CC(C)(C)ONN(C=O)c1cccc(N)c1. The molecule has 0 aliphatic rings. The summed E-state index contributed by atoms with van der Waals surface area (Å²) in [5.41, 5.74) is 9.01. The molecule has 3 N–H and O–H groups in total. The molecule has 0 spiro atoms. The highest BCUT2D eigenvalue weighted by Gasteiger charge is 2.13. The van der Waals surface area contributed by atoms with Crippen LogP contribution in [0, 0.1) is 0 Å². The van der Waals surface area contributed by atoms with E-state index in [4.69, 9.17) is 10.6 Å². The van der Waals surface area contributed by atoms with Crippen molar-refractivity contribution < 1.29 is 9.63 Å². The number of amides is 1. The standard InChI is InChI=1S/C11H17N3O2/c1-11(2,3)16-13-14(8-15)10-6-4-5-9(12)7-10/h4-8,13H,12H2,1-3H3. The third-order valence-electron chi connectivity index (χ3n) is 1.70. The summed E-state index contributed by atoms with van der Waals surface area (Å²) >= 11 is 0. The van der Waals surface area contributed by atoms with Crippen LogP contribution in [0.2, 0.25) is 0 Å². The van der Waals surface area contributed by atoms with Gasteiger partial charge in [0.05, 0.1) is 11.3 Å². The van der Waals surface area contributed by atoms with Gasteiger partial charge in [0.2, 0.25) is 6.41 Å². The summed E-state index contributed by atoms with van der Waals surface area (Å²) in [6.07, 6.45) is 0.626. The van der Waals surface area contributed by atoms with Crippen molar-refractivity contribution in [2.75, 3.05) is 10.7 Å². The van der Waals surface area contributed by atoms with Gasteiger partial charge >= 0.3 is 0 Å². The molecule has 0 fully saturated rings. The smallest absolute Gasteiger partial charge is 0.230 e. The van der Waals surface area contributed by atoms with E-state index in [1.165, 1.54) is 5.01 Å². The molecule has 5 nitrogen and oxygen atoms in total. The highest BCUT2D eigenvalue weighted by atomic mass is 16.7. The number of nitrogens with two attached hydrogens (primary N) is 1. The molecule has 5 heteroatoms. The highest BCUT2D eigenvalue weighted by molar-refractivity contribution is 5.74. The summed E-state index contributed by atoms with van der Waals surface area (Å²) in [6, 6.07) is 6.94. The van der Waals surface area contributed by atoms with Gasteiger partial charge in [-0.2, -0.15) is 0 Å². The summed E-state index contributed by atoms with van der Waals surface area (Å²) in [6.45, 7) is 5.63. The Bertz CT molecular complexity index is 360. The molecule has 0 saturated carbocycles. The molecule has 0 saturated heterocycles. The van der Waals surface area contributed by atoms with E-state index < -0.39 is 0 Å². The van der Waals surface area contributed by atoms with E-state index in [1.807, 2.05) is 20.8 Å². The van der Waals surface area contributed by atoms with Gasteiger partial charge in [0, 0.05) is 5.69 Å². The average molecular weight is 223 g/mol. The second kappa shape index (κ2) is 4.96. The second-order valence-electron chi connectivity index (χ2n) is 4.38. The van der Waals surface area contributed by atoms with E-state index in [0.29, 0.717) is 17.8 Å². The molecular weight excluding hydrogens is 206 g/mol. The maximum atomic E-state index is 10.9. The zero-order valence-corrected chi connectivity index (χ0v) is 9.73. The fourth-order valence-electron chi connectivity index (χ4n) is 0.996. The third-order valence-corrected chi connectivity index (χ3v) is 1.70. The number of hydrogen-bond donors (Lipinski definition) is 2. The Kier molecular flexibility index (Phi) is 3.87. The summed E-state index contributed by atoms with van der Waals surface area (Å²) in [4.78, 5) is 16.2. The van der Waals surface area contributed by atoms with E-state index >= 15 is 0 Å². The molecule has 88 valence electrons. The van der Waals surface area contributed by atoms with Crippen LogP contribution in [0.25, 0.3) is 0 Å². The number of carbonyl (C=O) groups excluding carboxylic acids is 1. The fourth-order valence-corrected chi connectivity index (χ4v) is 0.996. The minimum atomic E-state index is -0.387. The monoisotopic (exact) mass is 223 g/mol. The molecule has 1 aromatic carbocycles. The lowest BCUT2D eigenvalue weighted by atomic mass is 10.2. The Labute approximate surface area is 95.1 Å². The molecule has 0 heterocycles. The van der Waals surface area contributed by atoms with Crippen LogP contribution in [0.15, 0.2) is 24.3 Å². The first-order valence-corrected chi connectivity index (χ1v) is 4.96. The zero-order chi connectivity index (χ0) is 12.2. The first kappa shape index (κ1) is 12.5. The first-order chi connectivity index (χ1) is 7.42. The molecule has 0 atom stereocenters. The minimum Gasteiger partial charge on any atom is -0.399 e. The Balaban J connectivity index is 2.71. The predicted octanol–water partition coefficient (Wildman–Crippen LogP) is 1.47. The molecule has 16 heavy (non-hydrogen) atoms. The molecule has 1 rings (SSSR count). The predicted molar refractivity (Wildman–Crippen MR) is 63.4 cm³/mol. The van der Waals surface area contributed by atoms with Crippen LogP contribution in [-0.4, -0.2) is 12.0 Å². The number of carbonyl (C=O) groups is 1. The second-order valence-corrected chi connectivity index (χ2v) is 4.38. The number of hydrogen-bond acceptors (Lipinski definition) is 4. The Morgan fingerprint density at radius 3 is 2.62 bits per heavy atom. The van der Waals surface area contributed by atoms with Gasteiger partial charge in [-0.3, -0.25) is 9.63 Å². The molecule has 1 amide bonds. The molecule has 0 aliphatic carbocycles. The van der Waals surface area contributed by atoms with E-state index in [1.54, 1.807) is 24.3 Å². The lowest BCUT2D eigenvalue weighted by Crippen LogP contribution is -2.42. The lowest BCUT2D eigenvalue weighted by molar-refractivity contribution is -0.117. The van der Waals surface area contributed by atoms with Crippen LogP contribution >= 0.6 is 0 Å². The number of nitrogen functional groups attached to an aromatic ring is 1. The molecule has 0 bridgehead atoms. The van der Waals surface area contributed by atoms with Crippen LogP contribution in [0.1, 0.15) is 20.8 Å². The van der Waals surface area contributed by atoms with E-state index in [-0.39, 0.29) is 5.60 Å². The zero-order valence-electron chi connectivity index (χ0n) is 9.73. The molecule has 0 radical (unpaired) electrons. The van der Waals surface area contributed by atoms with Crippen molar-refractivity contribution in [1.29, 1.82) is 0 Å². The van der Waals surface area contributed by atoms with Gasteiger partial charge in [-0.15, -0.1) is 5.59 Å². The van der Waals surface area contributed by atoms with Crippen molar-refractivity contribution in [3.8, 4) is 0 Å². The molecule has 0 aliphatic heterocycles. The minimum absolute atomic E-state index is 0.387. The molecular formula is C11H17N3O2. The van der Waals surface area contributed by atoms with Crippen molar-refractivity contribution in [1.82, 2.24) is 5.59 Å². The molecule has 0 aromatic heterocycles. The number of nitrogens with zero attached hydrogens (tertiary/aromatic N) is 1. The van der Waals surface area contributed by atoms with Crippen molar-refractivity contribution in [3.05, 3.63) is 24.3 Å². The van der Waals surface area contributed by atoms with Crippen molar-refractivity contribution in [2.24, 2.45) is 0 Å². The number of nitrogens with one attached hydrogen (secondary N) is 1. The Morgan fingerprint density at radius 2 is 2.12 bits per heavy atom. The fraction of sp³-hybridized carbons (Fsp3) is 0.364. The number of rotatable bonds is 4. The normalized spacial score (nSPS) is 11.2. The highest BCUT2D eigenvalue weighted by Crippen LogP contribution is 2.15. The van der Waals surface area contributed by atoms with Gasteiger partial charge in [0.1, 0.15) is 0 Å².